The number of likely N-dealkylation sites (N-methyl/N-ethyl adjacent to an activating group) is 1. The molecule has 1 saturated heterocycles. The maximum absolute atomic E-state index is 11.9. The van der Waals surface area contributed by atoms with Gasteiger partial charge in [0, 0.05) is 26.2 Å². The standard InChI is InChI=1S/C15H32N4O/c1-3-17-15(20)14(2)19-11-7-10-18(12-13-19)9-6-4-5-8-16/h14H,3-13,16H2,1-2H3,(H,17,20). The van der Waals surface area contributed by atoms with Crippen molar-refractivity contribution in [3.8, 4) is 0 Å². The van der Waals surface area contributed by atoms with E-state index >= 15 is 0 Å². The van der Waals surface area contributed by atoms with Gasteiger partial charge in [-0.05, 0) is 52.7 Å². The van der Waals surface area contributed by atoms with Crippen LogP contribution in [0.25, 0.3) is 0 Å². The third-order valence-electron chi connectivity index (χ3n) is 4.08. The van der Waals surface area contributed by atoms with Crippen molar-refractivity contribution < 1.29 is 4.79 Å². The summed E-state index contributed by atoms with van der Waals surface area (Å²) < 4.78 is 0. The fourth-order valence-corrected chi connectivity index (χ4v) is 2.75. The summed E-state index contributed by atoms with van der Waals surface area (Å²) >= 11 is 0. The van der Waals surface area contributed by atoms with Gasteiger partial charge in [0.1, 0.15) is 0 Å². The largest absolute Gasteiger partial charge is 0.355 e. The molecular weight excluding hydrogens is 252 g/mol. The van der Waals surface area contributed by atoms with E-state index in [-0.39, 0.29) is 11.9 Å². The molecule has 5 nitrogen and oxygen atoms in total. The van der Waals surface area contributed by atoms with Crippen molar-refractivity contribution in [1.82, 2.24) is 15.1 Å². The van der Waals surface area contributed by atoms with E-state index in [2.05, 4.69) is 15.1 Å². The highest BCUT2D eigenvalue weighted by atomic mass is 16.2. The van der Waals surface area contributed by atoms with Gasteiger partial charge in [-0.3, -0.25) is 9.69 Å². The molecule has 0 bridgehead atoms. The molecular formula is C15H32N4O. The van der Waals surface area contributed by atoms with Gasteiger partial charge >= 0.3 is 0 Å². The molecule has 1 rings (SSSR count). The van der Waals surface area contributed by atoms with Gasteiger partial charge in [0.05, 0.1) is 6.04 Å². The number of hydrogen-bond acceptors (Lipinski definition) is 4. The second-order valence-electron chi connectivity index (χ2n) is 5.65. The van der Waals surface area contributed by atoms with Crippen molar-refractivity contribution in [2.24, 2.45) is 5.73 Å². The normalized spacial score (nSPS) is 19.6. The molecule has 1 amide bonds. The summed E-state index contributed by atoms with van der Waals surface area (Å²) in [4.78, 5) is 16.7. The molecule has 1 fully saturated rings. The summed E-state index contributed by atoms with van der Waals surface area (Å²) in [6.07, 6.45) is 4.75. The summed E-state index contributed by atoms with van der Waals surface area (Å²) in [7, 11) is 0. The Morgan fingerprint density at radius 1 is 1.20 bits per heavy atom. The van der Waals surface area contributed by atoms with E-state index in [9.17, 15) is 4.79 Å². The van der Waals surface area contributed by atoms with Crippen molar-refractivity contribution in [2.45, 2.75) is 45.6 Å². The van der Waals surface area contributed by atoms with Crippen LogP contribution in [0.5, 0.6) is 0 Å². The molecule has 0 radical (unpaired) electrons. The Labute approximate surface area is 123 Å². The van der Waals surface area contributed by atoms with Gasteiger partial charge in [0.25, 0.3) is 0 Å². The predicted molar refractivity (Wildman–Crippen MR) is 83.7 cm³/mol. The number of hydrogen-bond donors (Lipinski definition) is 2. The molecule has 1 aliphatic rings. The van der Waals surface area contributed by atoms with E-state index in [0.717, 1.165) is 45.6 Å². The molecule has 5 heteroatoms. The molecule has 0 saturated carbocycles. The Morgan fingerprint density at radius 2 is 2.00 bits per heavy atom. The minimum atomic E-state index is -0.00728. The average Bonchev–Trinajstić information content (AvgIpc) is 2.68. The van der Waals surface area contributed by atoms with Crippen molar-refractivity contribution in [1.29, 1.82) is 0 Å². The van der Waals surface area contributed by atoms with Crippen LogP contribution in [0, 0.1) is 0 Å². The number of rotatable bonds is 8. The van der Waals surface area contributed by atoms with Gasteiger partial charge in [-0.2, -0.15) is 0 Å². The van der Waals surface area contributed by atoms with Crippen LogP contribution in [0.15, 0.2) is 0 Å². The number of unbranched alkanes of at least 4 members (excludes halogenated alkanes) is 2. The highest BCUT2D eigenvalue weighted by Crippen LogP contribution is 2.08. The number of nitrogens with one attached hydrogen (secondary N) is 1. The zero-order chi connectivity index (χ0) is 14.8. The van der Waals surface area contributed by atoms with E-state index in [1.165, 1.54) is 19.4 Å². The summed E-state index contributed by atoms with van der Waals surface area (Å²) in [5.41, 5.74) is 5.52. The monoisotopic (exact) mass is 284 g/mol. The first-order valence-electron chi connectivity index (χ1n) is 8.13. The Balaban J connectivity index is 2.29. The number of nitrogens with zero attached hydrogens (tertiary/aromatic N) is 2. The highest BCUT2D eigenvalue weighted by molar-refractivity contribution is 5.81. The van der Waals surface area contributed by atoms with Crippen LogP contribution < -0.4 is 11.1 Å². The van der Waals surface area contributed by atoms with Gasteiger partial charge in [-0.1, -0.05) is 6.42 Å². The molecule has 20 heavy (non-hydrogen) atoms. The first-order valence-corrected chi connectivity index (χ1v) is 8.13. The molecule has 0 spiro atoms. The maximum atomic E-state index is 11.9. The molecule has 118 valence electrons. The van der Waals surface area contributed by atoms with Gasteiger partial charge in [-0.15, -0.1) is 0 Å². The topological polar surface area (TPSA) is 61.6 Å². The minimum absolute atomic E-state index is 0.00728. The quantitative estimate of drug-likeness (QED) is 0.643. The lowest BCUT2D eigenvalue weighted by Gasteiger charge is -2.26. The Bertz CT molecular complexity index is 273. The molecule has 1 atom stereocenters. The number of carbonyl (C=O) groups excluding carboxylic acids is 1. The average molecular weight is 284 g/mol. The fourth-order valence-electron chi connectivity index (χ4n) is 2.75. The lowest BCUT2D eigenvalue weighted by atomic mass is 10.2. The van der Waals surface area contributed by atoms with Crippen LogP contribution >= 0.6 is 0 Å². The summed E-state index contributed by atoms with van der Waals surface area (Å²) in [5, 5.41) is 2.92. The number of carbonyl (C=O) groups is 1. The zero-order valence-corrected chi connectivity index (χ0v) is 13.2. The molecule has 0 aromatic rings. The van der Waals surface area contributed by atoms with Crippen LogP contribution in [-0.4, -0.2) is 67.6 Å². The van der Waals surface area contributed by atoms with E-state index in [1.807, 2.05) is 13.8 Å². The van der Waals surface area contributed by atoms with E-state index in [0.29, 0.717) is 6.54 Å². The van der Waals surface area contributed by atoms with Crippen molar-refractivity contribution in [3.63, 3.8) is 0 Å². The number of amides is 1. The lowest BCUT2D eigenvalue weighted by Crippen LogP contribution is -2.46. The first kappa shape index (κ1) is 17.4. The van der Waals surface area contributed by atoms with Crippen LogP contribution in [-0.2, 0) is 4.79 Å². The highest BCUT2D eigenvalue weighted by Gasteiger charge is 2.23. The number of nitrogens with two attached hydrogens (primary N) is 1. The molecule has 0 aromatic carbocycles. The molecule has 1 unspecified atom stereocenters. The molecule has 3 N–H and O–H groups in total. The smallest absolute Gasteiger partial charge is 0.237 e. The van der Waals surface area contributed by atoms with E-state index in [4.69, 9.17) is 5.73 Å². The molecule has 1 aliphatic heterocycles. The van der Waals surface area contributed by atoms with E-state index < -0.39 is 0 Å². The zero-order valence-electron chi connectivity index (χ0n) is 13.2. The van der Waals surface area contributed by atoms with Crippen LogP contribution in [0.4, 0.5) is 0 Å². The van der Waals surface area contributed by atoms with Crippen molar-refractivity contribution in [3.05, 3.63) is 0 Å². The van der Waals surface area contributed by atoms with Gasteiger partial charge < -0.3 is 16.0 Å². The third-order valence-corrected chi connectivity index (χ3v) is 4.08. The van der Waals surface area contributed by atoms with Crippen LogP contribution in [0.1, 0.15) is 39.5 Å². The second kappa shape index (κ2) is 10.1. The molecule has 1 heterocycles. The fraction of sp³-hybridized carbons (Fsp3) is 0.933. The first-order chi connectivity index (χ1) is 9.69. The SMILES string of the molecule is CCNC(=O)C(C)N1CCCN(CCCCCN)CC1. The predicted octanol–water partition coefficient (Wildman–Crippen LogP) is 0.648. The molecule has 0 aromatic heterocycles. The lowest BCUT2D eigenvalue weighted by molar-refractivity contribution is -0.125. The summed E-state index contributed by atoms with van der Waals surface area (Å²) in [5.74, 6) is 0.156. The summed E-state index contributed by atoms with van der Waals surface area (Å²) in [6.45, 7) is 10.9. The Kier molecular flexibility index (Phi) is 8.82. The minimum Gasteiger partial charge on any atom is -0.355 e. The van der Waals surface area contributed by atoms with Crippen molar-refractivity contribution >= 4 is 5.91 Å². The second-order valence-corrected chi connectivity index (χ2v) is 5.65. The van der Waals surface area contributed by atoms with E-state index in [1.54, 1.807) is 0 Å². The Hall–Kier alpha value is -0.650. The summed E-state index contributed by atoms with van der Waals surface area (Å²) in [6, 6.07) is -0.00728. The molecule has 0 aliphatic carbocycles. The van der Waals surface area contributed by atoms with Crippen LogP contribution in [0.2, 0.25) is 0 Å². The van der Waals surface area contributed by atoms with Gasteiger partial charge in [-0.25, -0.2) is 0 Å². The van der Waals surface area contributed by atoms with Crippen LogP contribution in [0.3, 0.4) is 0 Å². The van der Waals surface area contributed by atoms with Gasteiger partial charge in [0.2, 0.25) is 5.91 Å². The maximum Gasteiger partial charge on any atom is 0.237 e. The van der Waals surface area contributed by atoms with Gasteiger partial charge in [0.15, 0.2) is 0 Å². The third kappa shape index (κ3) is 6.20. The Morgan fingerprint density at radius 3 is 2.70 bits per heavy atom. The van der Waals surface area contributed by atoms with Crippen molar-refractivity contribution in [2.75, 3.05) is 45.8 Å².